The quantitative estimate of drug-likeness (QED) is 0.0703. The predicted octanol–water partition coefficient (Wildman–Crippen LogP) is 0.471. The molecule has 8 N–H and O–H groups in total. The first-order valence-corrected chi connectivity index (χ1v) is 13.4. The number of hydrogen-bond donors (Lipinski definition) is 5. The third-order valence-corrected chi connectivity index (χ3v) is 6.68. The van der Waals surface area contributed by atoms with E-state index in [1.54, 1.807) is 48.5 Å². The molecule has 0 aromatic heterocycles. The Bertz CT molecular complexity index is 1200. The normalized spacial score (nSPS) is 18.6. The number of halogens is 2. The van der Waals surface area contributed by atoms with Gasteiger partial charge in [-0.3, -0.25) is 14.4 Å². The Balaban J connectivity index is -0.000000579. The Hall–Kier alpha value is -3.04. The van der Waals surface area contributed by atoms with E-state index in [-0.39, 0.29) is 73.0 Å². The largest absolute Gasteiger partial charge is 1.00 e. The van der Waals surface area contributed by atoms with Gasteiger partial charge in [0, 0.05) is 27.8 Å². The van der Waals surface area contributed by atoms with Crippen molar-refractivity contribution < 1.29 is 79.4 Å². The first kappa shape index (κ1) is 46.4. The van der Waals surface area contributed by atoms with Crippen LogP contribution in [0.1, 0.15) is 46.0 Å². The molecule has 2 fully saturated rings. The van der Waals surface area contributed by atoms with Crippen molar-refractivity contribution in [1.29, 1.82) is 0 Å². The van der Waals surface area contributed by atoms with Crippen molar-refractivity contribution in [3.8, 4) is 0 Å². The van der Waals surface area contributed by atoms with E-state index in [0.29, 0.717) is 34.3 Å². The standard InChI is InChI=1S/C13H15ClN2O3.C7H4ClNO.C6H11NO2.CH2O3.CH4.Na.H2O/c14-8-4-6-9(7-5-8)15-13(19)16-11-3-1-2-10(11)12(17)18;8-6-1-3-7(4-2-6)9-5-10;7-5-3-1-2-4(5)6(8)9;2-1-4-3;;;/h4-7,10-11H,1-3H2,(H,17,18)(H2,15,16,19);1-4H;4-5H,1-3,7H2,(H,8,9);1,3H;1H4;;1H2/q;;;;;+1;/p-1/t10-,11+;;4-,5+;;;;/m1.1..../s1. The summed E-state index contributed by atoms with van der Waals surface area (Å²) in [5.41, 5.74) is 6.69. The van der Waals surface area contributed by atoms with Gasteiger partial charge in [-0.05, 0) is 74.2 Å². The average Bonchev–Trinajstić information content (AvgIpc) is 3.61. The van der Waals surface area contributed by atoms with E-state index in [1.165, 1.54) is 6.08 Å². The number of carboxylic acids is 2. The molecule has 4 atom stereocenters. The first-order valence-electron chi connectivity index (χ1n) is 12.6. The SMILES string of the molecule is C.N[C@H]1CCC[C@H]1C(=O)O.O.O=C(Nc1ccc(Cl)cc1)N[C@H]1CCC[C@H]1C(=O)O.O=C=Nc1ccc(Cl)cc1.O=CO[O-].[Na+]. The number of urea groups is 1. The van der Waals surface area contributed by atoms with Crippen LogP contribution in [0.3, 0.4) is 0 Å². The molecule has 4 rings (SSSR count). The third-order valence-electron chi connectivity index (χ3n) is 6.18. The monoisotopic (exact) mass is 682 g/mol. The van der Waals surface area contributed by atoms with Crippen LogP contribution in [0.25, 0.3) is 0 Å². The summed E-state index contributed by atoms with van der Waals surface area (Å²) in [7, 11) is 0. The number of nitrogens with zero attached hydrogens (tertiary/aromatic N) is 1. The van der Waals surface area contributed by atoms with Gasteiger partial charge in [0.05, 0.1) is 17.5 Å². The van der Waals surface area contributed by atoms with E-state index in [2.05, 4.69) is 20.5 Å². The molecule has 17 heteroatoms. The second-order valence-electron chi connectivity index (χ2n) is 9.00. The van der Waals surface area contributed by atoms with E-state index in [0.717, 1.165) is 25.7 Å². The maximum atomic E-state index is 11.8. The summed E-state index contributed by atoms with van der Waals surface area (Å²) in [5, 5.41) is 32.5. The molecule has 244 valence electrons. The number of anilines is 1. The molecule has 2 aromatic rings. The molecule has 0 radical (unpaired) electrons. The molecular weight excluding hydrogens is 646 g/mol. The Morgan fingerprint density at radius 3 is 1.80 bits per heavy atom. The van der Waals surface area contributed by atoms with Crippen LogP contribution in [0.4, 0.5) is 16.2 Å². The zero-order chi connectivity index (χ0) is 31.5. The van der Waals surface area contributed by atoms with Gasteiger partial charge in [0.15, 0.2) is 0 Å². The number of carbonyl (C=O) groups excluding carboxylic acids is 3. The average molecular weight is 684 g/mol. The van der Waals surface area contributed by atoms with Crippen LogP contribution in [-0.4, -0.2) is 58.3 Å². The summed E-state index contributed by atoms with van der Waals surface area (Å²) in [4.78, 5) is 57.5. The van der Waals surface area contributed by atoms with Crippen molar-refractivity contribution in [3.63, 3.8) is 0 Å². The fraction of sp³-hybridized carbons (Fsp3) is 0.393. The fourth-order valence-electron chi connectivity index (χ4n) is 4.16. The van der Waals surface area contributed by atoms with Crippen LogP contribution in [0.5, 0.6) is 0 Å². The fourth-order valence-corrected chi connectivity index (χ4v) is 4.41. The van der Waals surface area contributed by atoms with E-state index in [1.807, 2.05) is 0 Å². The molecule has 14 nitrogen and oxygen atoms in total. The van der Waals surface area contributed by atoms with Gasteiger partial charge in [0.2, 0.25) is 6.08 Å². The second kappa shape index (κ2) is 26.2. The van der Waals surface area contributed by atoms with Crippen LogP contribution in [0, 0.1) is 11.8 Å². The van der Waals surface area contributed by atoms with Gasteiger partial charge in [-0.25, -0.2) is 9.59 Å². The number of carbonyl (C=O) groups is 4. The van der Waals surface area contributed by atoms with Gasteiger partial charge < -0.3 is 42.2 Å². The molecule has 0 saturated heterocycles. The van der Waals surface area contributed by atoms with Crippen molar-refractivity contribution in [1.82, 2.24) is 5.32 Å². The van der Waals surface area contributed by atoms with Crippen molar-refractivity contribution >= 4 is 65.1 Å². The van der Waals surface area contributed by atoms with E-state index < -0.39 is 17.9 Å². The smallest absolute Gasteiger partial charge is 0.662 e. The van der Waals surface area contributed by atoms with E-state index in [9.17, 15) is 19.2 Å². The van der Waals surface area contributed by atoms with Crippen molar-refractivity contribution in [2.24, 2.45) is 22.6 Å². The summed E-state index contributed by atoms with van der Waals surface area (Å²) in [5.74, 6) is -2.35. The van der Waals surface area contributed by atoms with Gasteiger partial charge in [-0.2, -0.15) is 4.99 Å². The zero-order valence-corrected chi connectivity index (χ0v) is 27.3. The van der Waals surface area contributed by atoms with Crippen LogP contribution in [-0.2, 0) is 24.1 Å². The second-order valence-corrected chi connectivity index (χ2v) is 9.87. The Morgan fingerprint density at radius 2 is 1.40 bits per heavy atom. The minimum Gasteiger partial charge on any atom is -0.662 e. The van der Waals surface area contributed by atoms with Gasteiger partial charge >= 0.3 is 47.5 Å². The van der Waals surface area contributed by atoms with Crippen molar-refractivity contribution in [2.45, 2.75) is 58.0 Å². The number of carboxylic acid groups (broad SMARTS) is 2. The third kappa shape index (κ3) is 19.2. The Morgan fingerprint density at radius 1 is 0.933 bits per heavy atom. The van der Waals surface area contributed by atoms with Gasteiger partial charge in [-0.15, -0.1) is 0 Å². The number of hydrogen-bond acceptors (Lipinski definition) is 9. The molecule has 0 bridgehead atoms. The van der Waals surface area contributed by atoms with Crippen molar-refractivity contribution in [3.05, 3.63) is 58.6 Å². The van der Waals surface area contributed by atoms with Crippen LogP contribution >= 0.6 is 23.2 Å². The Kier molecular flexibility index (Phi) is 27.0. The van der Waals surface area contributed by atoms with Gasteiger partial charge in [-0.1, -0.05) is 43.5 Å². The molecule has 2 amide bonds. The number of rotatable bonds is 6. The number of aliphatic carboxylic acids is 2. The topological polar surface area (TPSA) is 252 Å². The summed E-state index contributed by atoms with van der Waals surface area (Å²) in [6, 6.07) is 12.6. The molecule has 2 saturated carbocycles. The number of isocyanates is 1. The number of aliphatic imine (C=N–C) groups is 1. The molecule has 45 heavy (non-hydrogen) atoms. The summed E-state index contributed by atoms with van der Waals surface area (Å²) in [6.07, 6.45) is 6.17. The van der Waals surface area contributed by atoms with Gasteiger partial charge in [0.25, 0.3) is 6.47 Å². The maximum absolute atomic E-state index is 11.8. The van der Waals surface area contributed by atoms with E-state index in [4.69, 9.17) is 49.2 Å². The molecule has 0 spiro atoms. The van der Waals surface area contributed by atoms with Crippen molar-refractivity contribution in [2.75, 3.05) is 5.32 Å². The number of benzene rings is 2. The zero-order valence-electron chi connectivity index (χ0n) is 23.8. The minimum absolute atomic E-state index is 0. The molecule has 2 aliphatic rings. The number of amides is 2. The van der Waals surface area contributed by atoms with Crippen LogP contribution in [0.2, 0.25) is 10.0 Å². The number of nitrogens with one attached hydrogen (secondary N) is 2. The molecule has 0 unspecified atom stereocenters. The van der Waals surface area contributed by atoms with Gasteiger partial charge in [0.1, 0.15) is 0 Å². The molecular formula is C28H37Cl2N4NaO10. The molecule has 0 heterocycles. The molecule has 2 aliphatic carbocycles. The van der Waals surface area contributed by atoms with Crippen LogP contribution in [0.15, 0.2) is 53.5 Å². The molecule has 0 aliphatic heterocycles. The molecule has 2 aromatic carbocycles. The van der Waals surface area contributed by atoms with Crippen LogP contribution < -0.4 is 51.2 Å². The number of nitrogens with two attached hydrogens (primary N) is 1. The maximum Gasteiger partial charge on any atom is 1.00 e. The summed E-state index contributed by atoms with van der Waals surface area (Å²) in [6.45, 7) is -0.181. The minimum atomic E-state index is -0.853. The first-order chi connectivity index (χ1) is 20.0. The van der Waals surface area contributed by atoms with E-state index >= 15 is 0 Å². The summed E-state index contributed by atoms with van der Waals surface area (Å²) >= 11 is 11.3. The summed E-state index contributed by atoms with van der Waals surface area (Å²) < 4.78 is 0. The predicted molar refractivity (Wildman–Crippen MR) is 162 cm³/mol. The Labute approximate surface area is 292 Å².